The van der Waals surface area contributed by atoms with Gasteiger partial charge in [-0.15, -0.1) is 0 Å². The van der Waals surface area contributed by atoms with Crippen LogP contribution in [0, 0.1) is 12.7 Å². The summed E-state index contributed by atoms with van der Waals surface area (Å²) in [6, 6.07) is 16.7. The van der Waals surface area contributed by atoms with Crippen molar-refractivity contribution in [2.24, 2.45) is 0 Å². The fourth-order valence-corrected chi connectivity index (χ4v) is 2.44. The highest BCUT2D eigenvalue weighted by atomic mass is 35.5. The van der Waals surface area contributed by atoms with E-state index in [0.29, 0.717) is 17.1 Å². The fraction of sp³-hybridized carbons (Fsp3) is 0.105. The highest BCUT2D eigenvalue weighted by molar-refractivity contribution is 6.19. The molecule has 3 nitrogen and oxygen atoms in total. The monoisotopic (exact) mass is 343 g/mol. The number of halogens is 2. The van der Waals surface area contributed by atoms with Crippen molar-refractivity contribution in [1.82, 2.24) is 4.98 Å². The van der Waals surface area contributed by atoms with Crippen molar-refractivity contribution in [3.8, 4) is 22.8 Å². The number of aryl methyl sites for hydroxylation is 1. The summed E-state index contributed by atoms with van der Waals surface area (Å²) >= 11 is 5.74. The third-order valence-electron chi connectivity index (χ3n) is 3.45. The van der Waals surface area contributed by atoms with Crippen LogP contribution in [0.3, 0.4) is 0 Å². The normalized spacial score (nSPS) is 12.0. The minimum absolute atomic E-state index is 0.305. The van der Waals surface area contributed by atoms with Crippen molar-refractivity contribution in [3.05, 3.63) is 77.7 Å². The zero-order chi connectivity index (χ0) is 17.1. The number of benzene rings is 2. The maximum Gasteiger partial charge on any atom is 0.153 e. The molecule has 24 heavy (non-hydrogen) atoms. The van der Waals surface area contributed by atoms with Gasteiger partial charge in [-0.05, 0) is 73.2 Å². The molecule has 0 spiro atoms. The molecule has 0 aliphatic carbocycles. The Hall–Kier alpha value is -2.43. The smallest absolute Gasteiger partial charge is 0.153 e. The predicted molar refractivity (Wildman–Crippen MR) is 91.7 cm³/mol. The maximum absolute atomic E-state index is 12.9. The number of nitrogens with zero attached hydrogens (tertiary/aromatic N) is 1. The van der Waals surface area contributed by atoms with Crippen molar-refractivity contribution in [2.75, 3.05) is 0 Å². The first-order valence-electron chi connectivity index (χ1n) is 7.36. The Morgan fingerprint density at radius 2 is 1.58 bits per heavy atom. The molecule has 0 saturated carbocycles. The molecule has 3 aromatic rings. The minimum atomic E-state index is -1.06. The highest BCUT2D eigenvalue weighted by Gasteiger charge is 2.08. The van der Waals surface area contributed by atoms with Crippen LogP contribution in [0.15, 0.2) is 60.7 Å². The van der Waals surface area contributed by atoms with Gasteiger partial charge < -0.3 is 9.84 Å². The van der Waals surface area contributed by atoms with Crippen molar-refractivity contribution in [1.29, 1.82) is 0 Å². The molecule has 0 fully saturated rings. The second-order valence-corrected chi connectivity index (χ2v) is 5.76. The maximum atomic E-state index is 12.9. The molecule has 1 atom stereocenters. The molecule has 1 N–H and O–H groups in total. The molecule has 2 aromatic carbocycles. The predicted octanol–water partition coefficient (Wildman–Crippen LogP) is 5.22. The van der Waals surface area contributed by atoms with E-state index in [9.17, 15) is 9.50 Å². The van der Waals surface area contributed by atoms with Gasteiger partial charge in [0.1, 0.15) is 17.3 Å². The molecule has 122 valence electrons. The SMILES string of the molecule is Cc1cc(C(O)Cl)cc(-c2ccc(Oc3ccc(F)cc3)cc2)n1. The number of aliphatic hydroxyl groups is 1. The van der Waals surface area contributed by atoms with E-state index in [1.54, 1.807) is 36.4 Å². The fourth-order valence-electron chi connectivity index (χ4n) is 2.31. The van der Waals surface area contributed by atoms with E-state index in [-0.39, 0.29) is 5.82 Å². The molecular weight excluding hydrogens is 329 g/mol. The Bertz CT molecular complexity index is 833. The summed E-state index contributed by atoms with van der Waals surface area (Å²) in [6.07, 6.45) is 0. The quantitative estimate of drug-likeness (QED) is 0.660. The van der Waals surface area contributed by atoms with E-state index >= 15 is 0 Å². The number of hydrogen-bond acceptors (Lipinski definition) is 3. The van der Waals surface area contributed by atoms with Crippen LogP contribution in [-0.2, 0) is 0 Å². The van der Waals surface area contributed by atoms with Gasteiger partial charge in [-0.1, -0.05) is 11.6 Å². The van der Waals surface area contributed by atoms with Crippen molar-refractivity contribution < 1.29 is 14.2 Å². The zero-order valence-electron chi connectivity index (χ0n) is 12.9. The zero-order valence-corrected chi connectivity index (χ0v) is 13.7. The van der Waals surface area contributed by atoms with Crippen molar-refractivity contribution >= 4 is 11.6 Å². The van der Waals surface area contributed by atoms with E-state index in [4.69, 9.17) is 16.3 Å². The van der Waals surface area contributed by atoms with Crippen LogP contribution in [0.2, 0.25) is 0 Å². The molecule has 0 saturated heterocycles. The highest BCUT2D eigenvalue weighted by Crippen LogP contribution is 2.27. The average Bonchev–Trinajstić information content (AvgIpc) is 2.57. The Balaban J connectivity index is 1.83. The number of aliphatic hydroxyl groups excluding tert-OH is 1. The van der Waals surface area contributed by atoms with Crippen LogP contribution in [-0.4, -0.2) is 10.1 Å². The topological polar surface area (TPSA) is 42.4 Å². The lowest BCUT2D eigenvalue weighted by molar-refractivity contribution is 0.262. The van der Waals surface area contributed by atoms with Crippen LogP contribution in [0.4, 0.5) is 4.39 Å². The van der Waals surface area contributed by atoms with Crippen LogP contribution in [0.5, 0.6) is 11.5 Å². The molecule has 0 aliphatic rings. The minimum Gasteiger partial charge on any atom is -0.457 e. The van der Waals surface area contributed by atoms with E-state index < -0.39 is 5.56 Å². The van der Waals surface area contributed by atoms with Crippen molar-refractivity contribution in [2.45, 2.75) is 12.5 Å². The summed E-state index contributed by atoms with van der Waals surface area (Å²) in [5.41, 5.74) is 1.91. The van der Waals surface area contributed by atoms with Gasteiger partial charge in [0.25, 0.3) is 0 Å². The van der Waals surface area contributed by atoms with Gasteiger partial charge in [0.15, 0.2) is 5.56 Å². The third kappa shape index (κ3) is 3.91. The first-order valence-corrected chi connectivity index (χ1v) is 7.79. The standard InChI is InChI=1S/C19H15ClFNO2/c1-12-10-14(19(20)23)11-18(22-12)13-2-6-16(7-3-13)24-17-8-4-15(21)5-9-17/h2-11,19,23H,1H3. The van der Waals surface area contributed by atoms with E-state index in [1.807, 2.05) is 19.1 Å². The van der Waals surface area contributed by atoms with Crippen LogP contribution in [0.25, 0.3) is 11.3 Å². The lowest BCUT2D eigenvalue weighted by Crippen LogP contribution is -1.94. The number of alkyl halides is 1. The third-order valence-corrected chi connectivity index (χ3v) is 3.70. The van der Waals surface area contributed by atoms with Gasteiger partial charge in [-0.2, -0.15) is 0 Å². The number of ether oxygens (including phenoxy) is 1. The van der Waals surface area contributed by atoms with Gasteiger partial charge in [-0.25, -0.2) is 4.39 Å². The summed E-state index contributed by atoms with van der Waals surface area (Å²) in [5.74, 6) is 0.890. The van der Waals surface area contributed by atoms with Crippen LogP contribution in [0.1, 0.15) is 16.8 Å². The second kappa shape index (κ2) is 6.99. The number of hydrogen-bond donors (Lipinski definition) is 1. The molecule has 1 unspecified atom stereocenters. The van der Waals surface area contributed by atoms with Crippen LogP contribution < -0.4 is 4.74 Å². The van der Waals surface area contributed by atoms with E-state index in [2.05, 4.69) is 4.98 Å². The Labute approximate surface area is 144 Å². The molecule has 3 rings (SSSR count). The first kappa shape index (κ1) is 16.4. The Morgan fingerprint density at radius 1 is 1.00 bits per heavy atom. The molecule has 5 heteroatoms. The van der Waals surface area contributed by atoms with Crippen LogP contribution >= 0.6 is 11.6 Å². The average molecular weight is 344 g/mol. The van der Waals surface area contributed by atoms with Crippen molar-refractivity contribution in [3.63, 3.8) is 0 Å². The first-order chi connectivity index (χ1) is 11.5. The summed E-state index contributed by atoms with van der Waals surface area (Å²) in [6.45, 7) is 1.85. The molecular formula is C19H15ClFNO2. The van der Waals surface area contributed by atoms with Gasteiger partial charge in [0.2, 0.25) is 0 Å². The number of aromatic nitrogens is 1. The Morgan fingerprint density at radius 3 is 2.17 bits per heavy atom. The second-order valence-electron chi connectivity index (χ2n) is 5.34. The van der Waals surface area contributed by atoms with E-state index in [1.165, 1.54) is 12.1 Å². The summed E-state index contributed by atoms with van der Waals surface area (Å²) in [4.78, 5) is 4.46. The largest absolute Gasteiger partial charge is 0.457 e. The molecule has 0 amide bonds. The molecule has 0 radical (unpaired) electrons. The lowest BCUT2D eigenvalue weighted by Gasteiger charge is -2.09. The summed E-state index contributed by atoms with van der Waals surface area (Å²) in [7, 11) is 0. The van der Waals surface area contributed by atoms with Gasteiger partial charge in [-0.3, -0.25) is 4.98 Å². The van der Waals surface area contributed by atoms with Gasteiger partial charge >= 0.3 is 0 Å². The van der Waals surface area contributed by atoms with Gasteiger partial charge in [0.05, 0.1) is 5.69 Å². The molecule has 1 aromatic heterocycles. The number of pyridine rings is 1. The van der Waals surface area contributed by atoms with E-state index in [0.717, 1.165) is 17.0 Å². The van der Waals surface area contributed by atoms with Gasteiger partial charge in [0, 0.05) is 11.3 Å². The number of rotatable bonds is 4. The molecule has 0 bridgehead atoms. The summed E-state index contributed by atoms with van der Waals surface area (Å²) in [5, 5.41) is 9.54. The summed E-state index contributed by atoms with van der Waals surface area (Å²) < 4.78 is 18.6. The lowest BCUT2D eigenvalue weighted by atomic mass is 10.1. The Kier molecular flexibility index (Phi) is 4.79. The molecule has 1 heterocycles. The molecule has 0 aliphatic heterocycles.